The molecule has 0 spiro atoms. The smallest absolute Gasteiger partial charge is 0.247 e. The first-order valence-electron chi connectivity index (χ1n) is 12.1. The Morgan fingerprint density at radius 2 is 1.85 bits per heavy atom. The van der Waals surface area contributed by atoms with Crippen LogP contribution in [0, 0.1) is 6.92 Å². The fourth-order valence-corrected chi connectivity index (χ4v) is 4.86. The van der Waals surface area contributed by atoms with Crippen molar-refractivity contribution < 1.29 is 13.9 Å². The molecule has 5 heterocycles. The van der Waals surface area contributed by atoms with Crippen molar-refractivity contribution in [1.82, 2.24) is 29.5 Å². The van der Waals surface area contributed by atoms with Gasteiger partial charge in [-0.2, -0.15) is 5.10 Å². The van der Waals surface area contributed by atoms with Gasteiger partial charge in [0.1, 0.15) is 5.76 Å². The lowest BCUT2D eigenvalue weighted by Gasteiger charge is -2.36. The predicted molar refractivity (Wildman–Crippen MR) is 128 cm³/mol. The molecule has 34 heavy (non-hydrogen) atoms. The maximum absolute atomic E-state index is 6.24. The van der Waals surface area contributed by atoms with E-state index in [0.29, 0.717) is 31.0 Å². The third kappa shape index (κ3) is 4.60. The van der Waals surface area contributed by atoms with Crippen LogP contribution < -0.4 is 4.74 Å². The lowest BCUT2D eigenvalue weighted by Crippen LogP contribution is -2.48. The number of hydrogen-bond acceptors (Lipinski definition) is 8. The van der Waals surface area contributed by atoms with Crippen molar-refractivity contribution in [1.29, 1.82) is 0 Å². The molecule has 0 bridgehead atoms. The quantitative estimate of drug-likeness (QED) is 0.549. The van der Waals surface area contributed by atoms with Gasteiger partial charge in [-0.3, -0.25) is 9.80 Å². The van der Waals surface area contributed by atoms with E-state index >= 15 is 0 Å². The number of aryl methyl sites for hydroxylation is 1. The number of methoxy groups -OCH3 is 1. The lowest BCUT2D eigenvalue weighted by atomic mass is 10.1. The minimum absolute atomic E-state index is 0.575. The minimum atomic E-state index is 0.575. The van der Waals surface area contributed by atoms with Gasteiger partial charge < -0.3 is 13.9 Å². The molecule has 0 aliphatic carbocycles. The van der Waals surface area contributed by atoms with Crippen molar-refractivity contribution in [2.24, 2.45) is 0 Å². The van der Waals surface area contributed by atoms with Gasteiger partial charge in [-0.25, -0.2) is 14.6 Å². The zero-order chi connectivity index (χ0) is 23.7. The van der Waals surface area contributed by atoms with Gasteiger partial charge in [0.2, 0.25) is 11.8 Å². The second-order valence-corrected chi connectivity index (χ2v) is 9.36. The molecule has 0 N–H and O–H groups in total. The van der Waals surface area contributed by atoms with Gasteiger partial charge in [-0.1, -0.05) is 0 Å². The second-order valence-electron chi connectivity index (χ2n) is 9.36. The van der Waals surface area contributed by atoms with E-state index in [-0.39, 0.29) is 0 Å². The second kappa shape index (κ2) is 9.85. The molecule has 5 rings (SSSR count). The van der Waals surface area contributed by atoms with Gasteiger partial charge in [0, 0.05) is 49.8 Å². The molecule has 0 atom stereocenters. The van der Waals surface area contributed by atoms with E-state index in [1.807, 2.05) is 23.9 Å². The van der Waals surface area contributed by atoms with E-state index in [2.05, 4.69) is 33.6 Å². The van der Waals surface area contributed by atoms with Crippen molar-refractivity contribution in [2.45, 2.75) is 46.2 Å². The van der Waals surface area contributed by atoms with Crippen LogP contribution in [0.25, 0.3) is 17.3 Å². The monoisotopic (exact) mass is 466 g/mol. The molecule has 182 valence electrons. The van der Waals surface area contributed by atoms with Gasteiger partial charge in [0.05, 0.1) is 50.6 Å². The Kier molecular flexibility index (Phi) is 6.67. The number of hydrogen-bond donors (Lipinski definition) is 0. The molecule has 2 aliphatic heterocycles. The number of nitrogens with zero attached hydrogens (tertiary/aromatic N) is 6. The molecule has 0 radical (unpaired) electrons. The van der Waals surface area contributed by atoms with Crippen LogP contribution in [0.2, 0.25) is 0 Å². The summed E-state index contributed by atoms with van der Waals surface area (Å²) in [4.78, 5) is 14.0. The summed E-state index contributed by atoms with van der Waals surface area (Å²) in [5.74, 6) is 2.08. The maximum Gasteiger partial charge on any atom is 0.247 e. The number of fused-ring (bicyclic) bond motifs is 1. The third-order valence-corrected chi connectivity index (χ3v) is 6.80. The van der Waals surface area contributed by atoms with Crippen LogP contribution in [0.1, 0.15) is 36.4 Å². The van der Waals surface area contributed by atoms with E-state index in [1.165, 1.54) is 0 Å². The maximum atomic E-state index is 6.24. The Hall–Kier alpha value is -2.75. The fourth-order valence-electron chi connectivity index (χ4n) is 4.86. The Bertz CT molecular complexity index is 1130. The number of aromatic nitrogens is 4. The molecule has 1 saturated heterocycles. The molecular weight excluding hydrogens is 432 g/mol. The van der Waals surface area contributed by atoms with Crippen LogP contribution in [-0.2, 0) is 24.1 Å². The Morgan fingerprint density at radius 1 is 1.06 bits per heavy atom. The number of oxazole rings is 1. The summed E-state index contributed by atoms with van der Waals surface area (Å²) in [7, 11) is 1.63. The molecule has 9 nitrogen and oxygen atoms in total. The predicted octanol–water partition coefficient (Wildman–Crippen LogP) is 2.88. The highest BCUT2D eigenvalue weighted by molar-refractivity contribution is 5.57. The fraction of sp³-hybridized carbons (Fsp3) is 0.560. The van der Waals surface area contributed by atoms with E-state index < -0.39 is 0 Å². The Balaban J connectivity index is 1.41. The van der Waals surface area contributed by atoms with Crippen LogP contribution in [0.15, 0.2) is 22.9 Å². The molecule has 9 heteroatoms. The molecule has 3 aromatic heterocycles. The van der Waals surface area contributed by atoms with Crippen molar-refractivity contribution in [3.8, 4) is 23.2 Å². The van der Waals surface area contributed by atoms with Crippen LogP contribution in [0.4, 0.5) is 0 Å². The molecule has 0 amide bonds. The Labute approximate surface area is 200 Å². The number of piperazine rings is 1. The van der Waals surface area contributed by atoms with E-state index in [0.717, 1.165) is 79.5 Å². The average molecular weight is 467 g/mol. The van der Waals surface area contributed by atoms with Gasteiger partial charge in [0.15, 0.2) is 5.69 Å². The summed E-state index contributed by atoms with van der Waals surface area (Å²) in [6, 6.07) is 2.64. The van der Waals surface area contributed by atoms with Gasteiger partial charge >= 0.3 is 0 Å². The number of ether oxygens (including phenoxy) is 2. The first-order chi connectivity index (χ1) is 16.5. The van der Waals surface area contributed by atoms with Crippen LogP contribution in [-0.4, -0.2) is 82.1 Å². The third-order valence-electron chi connectivity index (χ3n) is 6.80. The van der Waals surface area contributed by atoms with Crippen molar-refractivity contribution in [2.75, 3.05) is 46.5 Å². The van der Waals surface area contributed by atoms with Crippen LogP contribution in [0.3, 0.4) is 0 Å². The first kappa shape index (κ1) is 23.0. The summed E-state index contributed by atoms with van der Waals surface area (Å²) in [5, 5.41) is 4.96. The standard InChI is InChI=1S/C25H34N6O3/c1-17(2)30-9-7-29(8-10-30)16-20-15-27-25(34-20)23-21-5-11-33-12-6-22(21)31(28-23)19-13-18(3)24(32-4)26-14-19/h13-15,17H,5-12,16H2,1-4H3. The highest BCUT2D eigenvalue weighted by Gasteiger charge is 2.26. The molecule has 1 fully saturated rings. The van der Waals surface area contributed by atoms with Gasteiger partial charge in [-0.15, -0.1) is 0 Å². The van der Waals surface area contributed by atoms with E-state index in [1.54, 1.807) is 13.3 Å². The van der Waals surface area contributed by atoms with Crippen molar-refractivity contribution in [3.05, 3.63) is 41.0 Å². The molecule has 2 aliphatic rings. The minimum Gasteiger partial charge on any atom is -0.481 e. The lowest BCUT2D eigenvalue weighted by molar-refractivity contribution is 0.0992. The Morgan fingerprint density at radius 3 is 2.59 bits per heavy atom. The normalized spacial score (nSPS) is 17.7. The zero-order valence-electron chi connectivity index (χ0n) is 20.6. The summed E-state index contributed by atoms with van der Waals surface area (Å²) in [6.07, 6.45) is 5.21. The van der Waals surface area contributed by atoms with Gasteiger partial charge in [0.25, 0.3) is 0 Å². The first-order valence-corrected chi connectivity index (χ1v) is 12.1. The highest BCUT2D eigenvalue weighted by Crippen LogP contribution is 2.31. The van der Waals surface area contributed by atoms with Gasteiger partial charge in [-0.05, 0) is 33.3 Å². The van der Waals surface area contributed by atoms with Crippen molar-refractivity contribution >= 4 is 0 Å². The SMILES string of the molecule is COc1ncc(-n2nc(-c3ncc(CN4CCN(C(C)C)CC4)o3)c3c2CCOCC3)cc1C. The topological polar surface area (TPSA) is 81.7 Å². The molecule has 0 aromatic carbocycles. The van der Waals surface area contributed by atoms with E-state index in [4.69, 9.17) is 19.0 Å². The van der Waals surface area contributed by atoms with Crippen molar-refractivity contribution in [3.63, 3.8) is 0 Å². The average Bonchev–Trinajstić information content (AvgIpc) is 3.36. The number of rotatable bonds is 6. The summed E-state index contributed by atoms with van der Waals surface area (Å²) in [5.41, 5.74) is 4.93. The molecule has 0 saturated carbocycles. The van der Waals surface area contributed by atoms with Crippen LogP contribution >= 0.6 is 0 Å². The zero-order valence-corrected chi connectivity index (χ0v) is 20.6. The molecule has 0 unspecified atom stereocenters. The summed E-state index contributed by atoms with van der Waals surface area (Å²) < 4.78 is 19.3. The molecular formula is C25H34N6O3. The summed E-state index contributed by atoms with van der Waals surface area (Å²) >= 11 is 0. The highest BCUT2D eigenvalue weighted by atomic mass is 16.5. The van der Waals surface area contributed by atoms with Crippen LogP contribution in [0.5, 0.6) is 5.88 Å². The van der Waals surface area contributed by atoms with E-state index in [9.17, 15) is 0 Å². The molecule has 3 aromatic rings. The largest absolute Gasteiger partial charge is 0.481 e. The number of pyridine rings is 1. The summed E-state index contributed by atoms with van der Waals surface area (Å²) in [6.45, 7) is 12.9.